The number of anilines is 1. The second kappa shape index (κ2) is 6.40. The highest BCUT2D eigenvalue weighted by molar-refractivity contribution is 5.95. The van der Waals surface area contributed by atoms with Crippen molar-refractivity contribution in [3.63, 3.8) is 0 Å². The largest absolute Gasteiger partial charge is 0.378 e. The Morgan fingerprint density at radius 1 is 1.20 bits per heavy atom. The Morgan fingerprint density at radius 3 is 2.84 bits per heavy atom. The van der Waals surface area contributed by atoms with Gasteiger partial charge in [0, 0.05) is 23.7 Å². The van der Waals surface area contributed by atoms with Crippen molar-refractivity contribution in [1.29, 1.82) is 0 Å². The molecule has 2 N–H and O–H groups in total. The lowest BCUT2D eigenvalue weighted by Crippen LogP contribution is -2.30. The minimum atomic E-state index is 0.00449. The van der Waals surface area contributed by atoms with Crippen molar-refractivity contribution in [2.45, 2.75) is 32.2 Å². The number of hydrogen-bond acceptors (Lipinski definition) is 2. The Kier molecular flexibility index (Phi) is 4.08. The third-order valence-electron chi connectivity index (χ3n) is 5.49. The SMILES string of the molecule is CCNC(=O)c1ccc2c(c1)C1C=CCC1C(c1ccccc1C)N2. The van der Waals surface area contributed by atoms with E-state index in [-0.39, 0.29) is 5.91 Å². The molecule has 2 aromatic carbocycles. The number of allylic oxidation sites excluding steroid dienone is 2. The second-order valence-corrected chi connectivity index (χ2v) is 6.99. The van der Waals surface area contributed by atoms with Crippen LogP contribution in [-0.4, -0.2) is 12.5 Å². The summed E-state index contributed by atoms with van der Waals surface area (Å²) in [6, 6.07) is 15.0. The first-order chi connectivity index (χ1) is 12.2. The van der Waals surface area contributed by atoms with Gasteiger partial charge in [0.2, 0.25) is 0 Å². The van der Waals surface area contributed by atoms with Gasteiger partial charge in [-0.05, 0) is 61.1 Å². The van der Waals surface area contributed by atoms with E-state index < -0.39 is 0 Å². The first kappa shape index (κ1) is 15.9. The van der Waals surface area contributed by atoms with Crippen LogP contribution >= 0.6 is 0 Å². The van der Waals surface area contributed by atoms with Crippen molar-refractivity contribution in [3.8, 4) is 0 Å². The van der Waals surface area contributed by atoms with Crippen LogP contribution < -0.4 is 10.6 Å². The zero-order valence-corrected chi connectivity index (χ0v) is 14.8. The number of nitrogens with one attached hydrogen (secondary N) is 2. The highest BCUT2D eigenvalue weighted by Crippen LogP contribution is 2.50. The lowest BCUT2D eigenvalue weighted by atomic mass is 9.76. The van der Waals surface area contributed by atoms with Gasteiger partial charge in [-0.25, -0.2) is 0 Å². The molecule has 1 aliphatic carbocycles. The molecule has 1 amide bonds. The Bertz CT molecular complexity index is 840. The van der Waals surface area contributed by atoms with Crippen molar-refractivity contribution >= 4 is 11.6 Å². The molecule has 0 aromatic heterocycles. The molecule has 3 atom stereocenters. The van der Waals surface area contributed by atoms with E-state index in [4.69, 9.17) is 0 Å². The van der Waals surface area contributed by atoms with Crippen molar-refractivity contribution in [3.05, 3.63) is 76.9 Å². The van der Waals surface area contributed by atoms with Crippen molar-refractivity contribution < 1.29 is 4.79 Å². The van der Waals surface area contributed by atoms with Crippen molar-refractivity contribution in [2.75, 3.05) is 11.9 Å². The number of benzene rings is 2. The highest BCUT2D eigenvalue weighted by atomic mass is 16.1. The lowest BCUT2D eigenvalue weighted by Gasteiger charge is -2.38. The topological polar surface area (TPSA) is 41.1 Å². The van der Waals surface area contributed by atoms with Crippen LogP contribution in [0.1, 0.15) is 52.4 Å². The number of carbonyl (C=O) groups excluding carboxylic acids is 1. The number of amides is 1. The standard InChI is InChI=1S/C22H24N2O/c1-3-23-22(25)15-11-12-20-19(13-15)17-9-6-10-18(17)21(24-20)16-8-5-4-7-14(16)2/h4-9,11-13,17-18,21,24H,3,10H2,1-2H3,(H,23,25). The molecule has 3 heteroatoms. The molecule has 0 saturated carbocycles. The van der Waals surface area contributed by atoms with Gasteiger partial charge in [-0.1, -0.05) is 36.4 Å². The maximum absolute atomic E-state index is 12.2. The van der Waals surface area contributed by atoms with E-state index >= 15 is 0 Å². The van der Waals surface area contributed by atoms with Crippen LogP contribution in [0, 0.1) is 12.8 Å². The number of carbonyl (C=O) groups is 1. The van der Waals surface area contributed by atoms with Crippen LogP contribution in [0.2, 0.25) is 0 Å². The van der Waals surface area contributed by atoms with Gasteiger partial charge in [0.25, 0.3) is 5.91 Å². The third-order valence-corrected chi connectivity index (χ3v) is 5.49. The Morgan fingerprint density at radius 2 is 2.04 bits per heavy atom. The molecule has 2 aromatic rings. The summed E-state index contributed by atoms with van der Waals surface area (Å²) < 4.78 is 0. The van der Waals surface area contributed by atoms with Gasteiger partial charge >= 0.3 is 0 Å². The minimum Gasteiger partial charge on any atom is -0.378 e. The summed E-state index contributed by atoms with van der Waals surface area (Å²) in [7, 11) is 0. The lowest BCUT2D eigenvalue weighted by molar-refractivity contribution is 0.0955. The molecule has 0 fully saturated rings. The maximum atomic E-state index is 12.2. The minimum absolute atomic E-state index is 0.00449. The van der Waals surface area contributed by atoms with E-state index in [1.165, 1.54) is 16.7 Å². The second-order valence-electron chi connectivity index (χ2n) is 6.99. The summed E-state index contributed by atoms with van der Waals surface area (Å²) in [6.45, 7) is 4.78. The molecule has 1 heterocycles. The normalized spacial score (nSPS) is 23.5. The average molecular weight is 332 g/mol. The number of hydrogen-bond donors (Lipinski definition) is 2. The first-order valence-corrected chi connectivity index (χ1v) is 9.10. The Balaban J connectivity index is 1.74. The summed E-state index contributed by atoms with van der Waals surface area (Å²) in [4.78, 5) is 12.2. The summed E-state index contributed by atoms with van der Waals surface area (Å²) in [6.07, 6.45) is 5.68. The number of fused-ring (bicyclic) bond motifs is 3. The van der Waals surface area contributed by atoms with Crippen LogP contribution in [0.15, 0.2) is 54.6 Å². The molecule has 0 radical (unpaired) electrons. The zero-order chi connectivity index (χ0) is 17.4. The van der Waals surface area contributed by atoms with Gasteiger partial charge in [-0.3, -0.25) is 4.79 Å². The molecule has 0 saturated heterocycles. The fraction of sp³-hybridized carbons (Fsp3) is 0.318. The van der Waals surface area contributed by atoms with Crippen LogP contribution in [-0.2, 0) is 0 Å². The Labute approximate surface area is 149 Å². The molecule has 3 unspecified atom stereocenters. The number of rotatable bonds is 3. The van der Waals surface area contributed by atoms with E-state index in [1.54, 1.807) is 0 Å². The quantitative estimate of drug-likeness (QED) is 0.808. The van der Waals surface area contributed by atoms with Gasteiger partial charge < -0.3 is 10.6 Å². The van der Waals surface area contributed by atoms with Crippen LogP contribution in [0.5, 0.6) is 0 Å². The molecular formula is C22H24N2O. The molecule has 0 bridgehead atoms. The smallest absolute Gasteiger partial charge is 0.251 e. The average Bonchev–Trinajstić information content (AvgIpc) is 3.11. The highest BCUT2D eigenvalue weighted by Gasteiger charge is 2.38. The fourth-order valence-electron chi connectivity index (χ4n) is 4.24. The first-order valence-electron chi connectivity index (χ1n) is 9.10. The van der Waals surface area contributed by atoms with E-state index in [9.17, 15) is 4.79 Å². The predicted octanol–water partition coefficient (Wildman–Crippen LogP) is 4.57. The number of aryl methyl sites for hydroxylation is 1. The van der Waals surface area contributed by atoms with Gasteiger partial charge in [0.1, 0.15) is 0 Å². The summed E-state index contributed by atoms with van der Waals surface area (Å²) in [5, 5.41) is 6.64. The molecule has 2 aliphatic rings. The van der Waals surface area contributed by atoms with E-state index in [0.717, 1.165) is 17.7 Å². The monoisotopic (exact) mass is 332 g/mol. The fourth-order valence-corrected chi connectivity index (χ4v) is 4.24. The van der Waals surface area contributed by atoms with Crippen LogP contribution in [0.3, 0.4) is 0 Å². The van der Waals surface area contributed by atoms with Crippen molar-refractivity contribution in [2.24, 2.45) is 5.92 Å². The van der Waals surface area contributed by atoms with E-state index in [1.807, 2.05) is 13.0 Å². The molecule has 1 aliphatic heterocycles. The maximum Gasteiger partial charge on any atom is 0.251 e. The summed E-state index contributed by atoms with van der Waals surface area (Å²) in [5.41, 5.74) is 5.84. The molecule has 0 spiro atoms. The van der Waals surface area contributed by atoms with Gasteiger partial charge in [0.15, 0.2) is 0 Å². The van der Waals surface area contributed by atoms with E-state index in [0.29, 0.717) is 24.4 Å². The van der Waals surface area contributed by atoms with Gasteiger partial charge in [0.05, 0.1) is 6.04 Å². The van der Waals surface area contributed by atoms with Crippen LogP contribution in [0.4, 0.5) is 5.69 Å². The third kappa shape index (κ3) is 2.74. The van der Waals surface area contributed by atoms with Crippen LogP contribution in [0.25, 0.3) is 0 Å². The molecule has 3 nitrogen and oxygen atoms in total. The van der Waals surface area contributed by atoms with Gasteiger partial charge in [-0.15, -0.1) is 0 Å². The van der Waals surface area contributed by atoms with E-state index in [2.05, 4.69) is 66.1 Å². The molecule has 4 rings (SSSR count). The molecular weight excluding hydrogens is 308 g/mol. The van der Waals surface area contributed by atoms with Gasteiger partial charge in [-0.2, -0.15) is 0 Å². The predicted molar refractivity (Wildman–Crippen MR) is 102 cm³/mol. The summed E-state index contributed by atoms with van der Waals surface area (Å²) in [5.74, 6) is 0.873. The zero-order valence-electron chi connectivity index (χ0n) is 14.8. The molecule has 128 valence electrons. The van der Waals surface area contributed by atoms with Crippen molar-refractivity contribution in [1.82, 2.24) is 5.32 Å². The Hall–Kier alpha value is -2.55. The summed E-state index contributed by atoms with van der Waals surface area (Å²) >= 11 is 0. The molecule has 25 heavy (non-hydrogen) atoms.